The van der Waals surface area contributed by atoms with Crippen molar-refractivity contribution in [2.45, 2.75) is 26.2 Å². The van der Waals surface area contributed by atoms with Gasteiger partial charge >= 0.3 is 0 Å². The van der Waals surface area contributed by atoms with Gasteiger partial charge in [0.1, 0.15) is 0 Å². The Bertz CT molecular complexity index is 965. The van der Waals surface area contributed by atoms with E-state index in [-0.39, 0.29) is 5.91 Å². The summed E-state index contributed by atoms with van der Waals surface area (Å²) in [5.41, 5.74) is 5.52. The van der Waals surface area contributed by atoms with Crippen LogP contribution in [0.5, 0.6) is 0 Å². The van der Waals surface area contributed by atoms with Gasteiger partial charge in [-0.1, -0.05) is 35.9 Å². The molecule has 0 aliphatic heterocycles. The molecule has 4 heteroatoms. The summed E-state index contributed by atoms with van der Waals surface area (Å²) in [4.78, 5) is 17.8. The number of aryl methyl sites for hydroxylation is 2. The minimum absolute atomic E-state index is 0.0860. The highest BCUT2D eigenvalue weighted by atomic mass is 35.5. The van der Waals surface area contributed by atoms with Crippen molar-refractivity contribution in [2.75, 3.05) is 5.32 Å². The number of halogens is 1. The third-order valence-electron chi connectivity index (χ3n) is 4.59. The van der Waals surface area contributed by atoms with Crippen molar-refractivity contribution in [1.29, 1.82) is 0 Å². The average Bonchev–Trinajstić information content (AvgIpc) is 3.03. The molecular formula is C20H17ClN2O. The van der Waals surface area contributed by atoms with Crippen LogP contribution in [0.25, 0.3) is 10.9 Å². The predicted octanol–water partition coefficient (Wildman–Crippen LogP) is 4.94. The molecule has 1 heterocycles. The summed E-state index contributed by atoms with van der Waals surface area (Å²) < 4.78 is 0. The number of benzene rings is 2. The van der Waals surface area contributed by atoms with Gasteiger partial charge in [-0.05, 0) is 55.5 Å². The van der Waals surface area contributed by atoms with Crippen molar-refractivity contribution >= 4 is 34.1 Å². The minimum Gasteiger partial charge on any atom is -0.322 e. The first-order valence-electron chi connectivity index (χ1n) is 8.11. The Balaban J connectivity index is 1.84. The van der Waals surface area contributed by atoms with Gasteiger partial charge in [0.05, 0.1) is 11.1 Å². The average molecular weight is 337 g/mol. The van der Waals surface area contributed by atoms with Crippen molar-refractivity contribution in [3.05, 3.63) is 69.9 Å². The van der Waals surface area contributed by atoms with E-state index >= 15 is 0 Å². The fourth-order valence-electron chi connectivity index (χ4n) is 3.38. The van der Waals surface area contributed by atoms with Crippen LogP contribution < -0.4 is 5.32 Å². The Morgan fingerprint density at radius 1 is 1.17 bits per heavy atom. The maximum absolute atomic E-state index is 13.1. The number of para-hydroxylation sites is 1. The molecule has 0 spiro atoms. The van der Waals surface area contributed by atoms with Crippen LogP contribution in [-0.2, 0) is 12.8 Å². The van der Waals surface area contributed by atoms with Gasteiger partial charge in [0, 0.05) is 21.8 Å². The quantitative estimate of drug-likeness (QED) is 0.720. The van der Waals surface area contributed by atoms with Gasteiger partial charge < -0.3 is 5.32 Å². The van der Waals surface area contributed by atoms with Crippen LogP contribution in [0.15, 0.2) is 42.5 Å². The zero-order chi connectivity index (χ0) is 16.7. The van der Waals surface area contributed by atoms with E-state index in [4.69, 9.17) is 16.6 Å². The number of rotatable bonds is 2. The maximum atomic E-state index is 13.1. The zero-order valence-electron chi connectivity index (χ0n) is 13.4. The van der Waals surface area contributed by atoms with Gasteiger partial charge in [0.25, 0.3) is 5.91 Å². The molecule has 0 unspecified atom stereocenters. The van der Waals surface area contributed by atoms with Crippen molar-refractivity contribution in [1.82, 2.24) is 4.98 Å². The second-order valence-electron chi connectivity index (χ2n) is 6.20. The summed E-state index contributed by atoms with van der Waals surface area (Å²) in [5, 5.41) is 4.56. The smallest absolute Gasteiger partial charge is 0.256 e. The van der Waals surface area contributed by atoms with Crippen LogP contribution in [0.1, 0.15) is 33.6 Å². The third-order valence-corrected chi connectivity index (χ3v) is 4.83. The van der Waals surface area contributed by atoms with Gasteiger partial charge in [0.15, 0.2) is 0 Å². The van der Waals surface area contributed by atoms with Gasteiger partial charge in [-0.25, -0.2) is 0 Å². The lowest BCUT2D eigenvalue weighted by Crippen LogP contribution is -2.16. The Morgan fingerprint density at radius 2 is 2.00 bits per heavy atom. The molecule has 1 aliphatic rings. The number of hydrogen-bond acceptors (Lipinski definition) is 2. The van der Waals surface area contributed by atoms with Crippen LogP contribution >= 0.6 is 11.6 Å². The van der Waals surface area contributed by atoms with Crippen molar-refractivity contribution in [3.63, 3.8) is 0 Å². The summed E-state index contributed by atoms with van der Waals surface area (Å²) in [5.74, 6) is -0.0860. The summed E-state index contributed by atoms with van der Waals surface area (Å²) in [6, 6.07) is 13.4. The predicted molar refractivity (Wildman–Crippen MR) is 97.9 cm³/mol. The van der Waals surface area contributed by atoms with Crippen LogP contribution in [0.3, 0.4) is 0 Å². The molecule has 1 aliphatic carbocycles. The SMILES string of the molecule is Cc1ccc(Cl)cc1NC(=O)c1c2c(nc3ccccc13)CCC2. The van der Waals surface area contributed by atoms with Crippen molar-refractivity contribution < 1.29 is 4.79 Å². The maximum Gasteiger partial charge on any atom is 0.256 e. The molecule has 0 saturated carbocycles. The number of nitrogens with one attached hydrogen (secondary N) is 1. The molecule has 0 bridgehead atoms. The highest BCUT2D eigenvalue weighted by molar-refractivity contribution is 6.31. The second-order valence-corrected chi connectivity index (χ2v) is 6.63. The zero-order valence-corrected chi connectivity index (χ0v) is 14.2. The van der Waals surface area contributed by atoms with Gasteiger partial charge in [-0.2, -0.15) is 0 Å². The summed E-state index contributed by atoms with van der Waals surface area (Å²) in [6.07, 6.45) is 2.90. The van der Waals surface area contributed by atoms with E-state index in [1.165, 1.54) is 0 Å². The van der Waals surface area contributed by atoms with E-state index < -0.39 is 0 Å². The topological polar surface area (TPSA) is 42.0 Å². The number of amides is 1. The number of aromatic nitrogens is 1. The van der Waals surface area contributed by atoms with Gasteiger partial charge in [-0.15, -0.1) is 0 Å². The van der Waals surface area contributed by atoms with E-state index in [1.807, 2.05) is 43.3 Å². The molecule has 1 N–H and O–H groups in total. The van der Waals surface area contributed by atoms with Crippen LogP contribution in [0.2, 0.25) is 5.02 Å². The molecule has 1 amide bonds. The monoisotopic (exact) mass is 336 g/mol. The lowest BCUT2D eigenvalue weighted by molar-refractivity contribution is 0.102. The molecule has 3 aromatic rings. The first-order chi connectivity index (χ1) is 11.6. The fourth-order valence-corrected chi connectivity index (χ4v) is 3.56. The van der Waals surface area contributed by atoms with E-state index in [1.54, 1.807) is 6.07 Å². The number of anilines is 1. The Labute approximate surface area is 145 Å². The fraction of sp³-hybridized carbons (Fsp3) is 0.200. The number of carbonyl (C=O) groups excluding carboxylic acids is 1. The lowest BCUT2D eigenvalue weighted by Gasteiger charge is -2.14. The molecule has 0 radical (unpaired) electrons. The van der Waals surface area contributed by atoms with E-state index in [0.717, 1.165) is 58.2 Å². The molecule has 24 heavy (non-hydrogen) atoms. The lowest BCUT2D eigenvalue weighted by atomic mass is 10.0. The molecule has 2 aromatic carbocycles. The van der Waals surface area contributed by atoms with E-state index in [2.05, 4.69) is 5.32 Å². The molecule has 4 rings (SSSR count). The summed E-state index contributed by atoms with van der Waals surface area (Å²) in [7, 11) is 0. The number of pyridine rings is 1. The van der Waals surface area contributed by atoms with Crippen LogP contribution in [0.4, 0.5) is 5.69 Å². The van der Waals surface area contributed by atoms with Gasteiger partial charge in [0.2, 0.25) is 0 Å². The first kappa shape index (κ1) is 15.2. The highest BCUT2D eigenvalue weighted by Crippen LogP contribution is 2.31. The Kier molecular flexibility index (Phi) is 3.73. The van der Waals surface area contributed by atoms with Gasteiger partial charge in [-0.3, -0.25) is 9.78 Å². The first-order valence-corrected chi connectivity index (χ1v) is 8.49. The second kappa shape index (κ2) is 5.91. The number of hydrogen-bond donors (Lipinski definition) is 1. The van der Waals surface area contributed by atoms with Crippen LogP contribution in [-0.4, -0.2) is 10.9 Å². The van der Waals surface area contributed by atoms with Crippen molar-refractivity contribution in [2.24, 2.45) is 0 Å². The normalized spacial score (nSPS) is 13.1. The Hall–Kier alpha value is -2.39. The van der Waals surface area contributed by atoms with E-state index in [0.29, 0.717) is 5.02 Å². The van der Waals surface area contributed by atoms with Crippen LogP contribution in [0, 0.1) is 6.92 Å². The molecule has 0 atom stereocenters. The number of fused-ring (bicyclic) bond motifs is 2. The number of nitrogens with zero attached hydrogens (tertiary/aromatic N) is 1. The summed E-state index contributed by atoms with van der Waals surface area (Å²) in [6.45, 7) is 1.96. The molecule has 1 aromatic heterocycles. The third kappa shape index (κ3) is 2.55. The standard InChI is InChI=1S/C20H17ClN2O/c1-12-9-10-13(21)11-18(12)23-20(24)19-14-5-2-3-7-16(14)22-17-8-4-6-15(17)19/h2-3,5,7,9-11H,4,6,8H2,1H3,(H,23,24). The Morgan fingerprint density at radius 3 is 2.88 bits per heavy atom. The highest BCUT2D eigenvalue weighted by Gasteiger charge is 2.24. The minimum atomic E-state index is -0.0860. The molecular weight excluding hydrogens is 320 g/mol. The van der Waals surface area contributed by atoms with E-state index in [9.17, 15) is 4.79 Å². The molecule has 0 saturated heterocycles. The number of carbonyl (C=O) groups is 1. The molecule has 120 valence electrons. The summed E-state index contributed by atoms with van der Waals surface area (Å²) >= 11 is 6.07. The largest absolute Gasteiger partial charge is 0.322 e. The molecule has 3 nitrogen and oxygen atoms in total. The molecule has 0 fully saturated rings. The van der Waals surface area contributed by atoms with Crippen molar-refractivity contribution in [3.8, 4) is 0 Å².